The van der Waals surface area contributed by atoms with Gasteiger partial charge in [0.1, 0.15) is 11.4 Å². The number of nitrogens with zero attached hydrogens (tertiary/aromatic N) is 1. The van der Waals surface area contributed by atoms with E-state index in [4.69, 9.17) is 4.74 Å². The summed E-state index contributed by atoms with van der Waals surface area (Å²) in [5.74, 6) is 0.315. The zero-order chi connectivity index (χ0) is 23.7. The van der Waals surface area contributed by atoms with E-state index in [1.54, 1.807) is 31.4 Å². The predicted octanol–water partition coefficient (Wildman–Crippen LogP) is 5.83. The second-order valence-corrected chi connectivity index (χ2v) is 8.59. The number of aryl methyl sites for hydroxylation is 2. The molecule has 4 rings (SSSR count). The molecule has 3 aromatic carbocycles. The molecule has 33 heavy (non-hydrogen) atoms. The Morgan fingerprint density at radius 2 is 1.48 bits per heavy atom. The van der Waals surface area contributed by atoms with E-state index in [0.29, 0.717) is 28.5 Å². The van der Waals surface area contributed by atoms with Crippen molar-refractivity contribution in [3.05, 3.63) is 94.7 Å². The minimum atomic E-state index is -0.374. The van der Waals surface area contributed by atoms with Crippen molar-refractivity contribution in [2.24, 2.45) is 0 Å². The molecule has 0 radical (unpaired) electrons. The Kier molecular flexibility index (Phi) is 6.05. The third-order valence-electron chi connectivity index (χ3n) is 6.06. The van der Waals surface area contributed by atoms with Crippen LogP contribution >= 0.6 is 0 Å². The first-order valence-electron chi connectivity index (χ1n) is 11.0. The number of hydrogen-bond acceptors (Lipinski definition) is 4. The summed E-state index contributed by atoms with van der Waals surface area (Å²) in [5, 5.41) is 3.23. The molecular weight excluding hydrogens is 412 g/mol. The lowest BCUT2D eigenvalue weighted by Crippen LogP contribution is -2.32. The molecule has 1 aliphatic rings. The molecule has 0 aliphatic carbocycles. The van der Waals surface area contributed by atoms with Crippen LogP contribution in [0, 0.1) is 13.8 Å². The van der Waals surface area contributed by atoms with Crippen molar-refractivity contribution < 1.29 is 14.3 Å². The van der Waals surface area contributed by atoms with Crippen LogP contribution in [-0.2, 0) is 9.59 Å². The van der Waals surface area contributed by atoms with Gasteiger partial charge in [-0.1, -0.05) is 44.2 Å². The van der Waals surface area contributed by atoms with Gasteiger partial charge in [-0.2, -0.15) is 0 Å². The fourth-order valence-corrected chi connectivity index (χ4v) is 3.88. The number of imide groups is 1. The number of anilines is 2. The SMILES string of the molecule is COc1ccc(C2=C(Nc3ccc(C)c(C)c3)C(=O)N(c3ccc(C(C)C)cc3)C2=O)cc1. The van der Waals surface area contributed by atoms with E-state index in [1.807, 2.05) is 56.3 Å². The topological polar surface area (TPSA) is 58.6 Å². The zero-order valence-corrected chi connectivity index (χ0v) is 19.6. The highest BCUT2D eigenvalue weighted by Gasteiger charge is 2.40. The Hall–Kier alpha value is -3.86. The molecule has 0 saturated heterocycles. The molecule has 1 N–H and O–H groups in total. The fraction of sp³-hybridized carbons (Fsp3) is 0.214. The Labute approximate surface area is 194 Å². The van der Waals surface area contributed by atoms with Crippen LogP contribution < -0.4 is 15.0 Å². The van der Waals surface area contributed by atoms with Gasteiger partial charge in [0.15, 0.2) is 0 Å². The van der Waals surface area contributed by atoms with Crippen LogP contribution in [0.1, 0.15) is 42.0 Å². The molecule has 5 nitrogen and oxygen atoms in total. The minimum absolute atomic E-state index is 0.265. The van der Waals surface area contributed by atoms with Gasteiger partial charge in [-0.05, 0) is 78.4 Å². The Balaban J connectivity index is 1.78. The molecule has 0 saturated carbocycles. The molecular formula is C28H28N2O3. The fourth-order valence-electron chi connectivity index (χ4n) is 3.88. The normalized spacial score (nSPS) is 13.8. The number of carbonyl (C=O) groups is 2. The van der Waals surface area contributed by atoms with Crippen molar-refractivity contribution >= 4 is 28.8 Å². The number of hydrogen-bond donors (Lipinski definition) is 1. The first-order valence-corrected chi connectivity index (χ1v) is 11.0. The van der Waals surface area contributed by atoms with Crippen LogP contribution in [0.25, 0.3) is 5.57 Å². The second-order valence-electron chi connectivity index (χ2n) is 8.59. The molecule has 0 bridgehead atoms. The highest BCUT2D eigenvalue weighted by Crippen LogP contribution is 2.35. The van der Waals surface area contributed by atoms with E-state index in [9.17, 15) is 9.59 Å². The number of carbonyl (C=O) groups excluding carboxylic acids is 2. The van der Waals surface area contributed by atoms with Crippen LogP contribution in [0.3, 0.4) is 0 Å². The summed E-state index contributed by atoms with van der Waals surface area (Å²) < 4.78 is 5.25. The van der Waals surface area contributed by atoms with Crippen molar-refractivity contribution in [3.8, 4) is 5.75 Å². The van der Waals surface area contributed by atoms with E-state index >= 15 is 0 Å². The number of benzene rings is 3. The summed E-state index contributed by atoms with van der Waals surface area (Å²) >= 11 is 0. The molecule has 1 heterocycles. The van der Waals surface area contributed by atoms with Crippen molar-refractivity contribution in [2.45, 2.75) is 33.6 Å². The third-order valence-corrected chi connectivity index (χ3v) is 6.06. The smallest absolute Gasteiger partial charge is 0.282 e. The average molecular weight is 441 g/mol. The molecule has 2 amide bonds. The number of nitrogens with one attached hydrogen (secondary N) is 1. The van der Waals surface area contributed by atoms with Gasteiger partial charge in [0.2, 0.25) is 0 Å². The average Bonchev–Trinajstić information content (AvgIpc) is 3.05. The summed E-state index contributed by atoms with van der Waals surface area (Å²) in [5.41, 5.74) is 5.98. The lowest BCUT2D eigenvalue weighted by Gasteiger charge is -2.17. The molecule has 5 heteroatoms. The van der Waals surface area contributed by atoms with E-state index in [2.05, 4.69) is 19.2 Å². The Morgan fingerprint density at radius 1 is 0.818 bits per heavy atom. The molecule has 0 fully saturated rings. The number of methoxy groups -OCH3 is 1. The van der Waals surface area contributed by atoms with Gasteiger partial charge in [0.05, 0.1) is 18.4 Å². The highest BCUT2D eigenvalue weighted by atomic mass is 16.5. The van der Waals surface area contributed by atoms with E-state index < -0.39 is 0 Å². The molecule has 1 aliphatic heterocycles. The highest BCUT2D eigenvalue weighted by molar-refractivity contribution is 6.46. The van der Waals surface area contributed by atoms with Gasteiger partial charge in [-0.15, -0.1) is 0 Å². The molecule has 0 aromatic heterocycles. The molecule has 0 unspecified atom stereocenters. The quantitative estimate of drug-likeness (QED) is 0.490. The Morgan fingerprint density at radius 3 is 2.06 bits per heavy atom. The third kappa shape index (κ3) is 4.27. The van der Waals surface area contributed by atoms with E-state index in [0.717, 1.165) is 22.4 Å². The Bertz CT molecular complexity index is 1240. The summed E-state index contributed by atoms with van der Waals surface area (Å²) in [7, 11) is 1.59. The predicted molar refractivity (Wildman–Crippen MR) is 132 cm³/mol. The van der Waals surface area contributed by atoms with E-state index in [-0.39, 0.29) is 17.5 Å². The van der Waals surface area contributed by atoms with Gasteiger partial charge >= 0.3 is 0 Å². The molecule has 3 aromatic rings. The van der Waals surface area contributed by atoms with Crippen LogP contribution in [0.2, 0.25) is 0 Å². The van der Waals surface area contributed by atoms with Crippen LogP contribution in [0.15, 0.2) is 72.4 Å². The van der Waals surface area contributed by atoms with Crippen LogP contribution in [0.5, 0.6) is 5.75 Å². The summed E-state index contributed by atoms with van der Waals surface area (Å²) in [6, 6.07) is 20.6. The summed E-state index contributed by atoms with van der Waals surface area (Å²) in [6.07, 6.45) is 0. The van der Waals surface area contributed by atoms with Crippen molar-refractivity contribution in [1.82, 2.24) is 0 Å². The minimum Gasteiger partial charge on any atom is -0.497 e. The molecule has 0 atom stereocenters. The van der Waals surface area contributed by atoms with Gasteiger partial charge < -0.3 is 10.1 Å². The number of amides is 2. The van der Waals surface area contributed by atoms with Gasteiger partial charge in [0, 0.05) is 5.69 Å². The molecule has 168 valence electrons. The maximum atomic E-state index is 13.6. The van der Waals surface area contributed by atoms with E-state index in [1.165, 1.54) is 4.90 Å². The monoisotopic (exact) mass is 440 g/mol. The zero-order valence-electron chi connectivity index (χ0n) is 19.6. The molecule has 0 spiro atoms. The van der Waals surface area contributed by atoms with Crippen molar-refractivity contribution in [2.75, 3.05) is 17.3 Å². The summed E-state index contributed by atoms with van der Waals surface area (Å²) in [6.45, 7) is 8.27. The van der Waals surface area contributed by atoms with Crippen LogP contribution in [0.4, 0.5) is 11.4 Å². The maximum Gasteiger partial charge on any atom is 0.282 e. The lowest BCUT2D eigenvalue weighted by atomic mass is 10.0. The van der Waals surface area contributed by atoms with Crippen LogP contribution in [-0.4, -0.2) is 18.9 Å². The van der Waals surface area contributed by atoms with Gasteiger partial charge in [0.25, 0.3) is 11.8 Å². The maximum absolute atomic E-state index is 13.6. The van der Waals surface area contributed by atoms with Crippen molar-refractivity contribution in [3.63, 3.8) is 0 Å². The van der Waals surface area contributed by atoms with Gasteiger partial charge in [-0.25, -0.2) is 4.90 Å². The standard InChI is InChI=1S/C28H28N2O3/c1-17(2)20-7-12-23(13-8-20)30-27(31)25(21-9-14-24(33-5)15-10-21)26(28(30)32)29-22-11-6-18(3)19(4)16-22/h6-17,29H,1-5H3. The van der Waals surface area contributed by atoms with Gasteiger partial charge in [-0.3, -0.25) is 9.59 Å². The van der Waals surface area contributed by atoms with Crippen molar-refractivity contribution in [1.29, 1.82) is 0 Å². The first-order chi connectivity index (χ1) is 15.8. The number of ether oxygens (including phenoxy) is 1. The first kappa shape index (κ1) is 22.3. The largest absolute Gasteiger partial charge is 0.497 e. The summed E-state index contributed by atoms with van der Waals surface area (Å²) in [4.78, 5) is 28.4. The second kappa shape index (κ2) is 8.94. The number of rotatable bonds is 6. The lowest BCUT2D eigenvalue weighted by molar-refractivity contribution is -0.120.